The maximum atomic E-state index is 13.0. The molecule has 0 aromatic heterocycles. The molecule has 1 N–H and O–H groups in total. The number of carbonyl (C=O) groups is 1. The van der Waals surface area contributed by atoms with Gasteiger partial charge in [0.25, 0.3) is 0 Å². The molecule has 8 heteroatoms. The summed E-state index contributed by atoms with van der Waals surface area (Å²) in [7, 11) is -3.52. The zero-order chi connectivity index (χ0) is 24.0. The van der Waals surface area contributed by atoms with Gasteiger partial charge in [0, 0.05) is 31.2 Å². The second kappa shape index (κ2) is 11.7. The van der Waals surface area contributed by atoms with E-state index in [4.69, 9.17) is 11.6 Å². The van der Waals surface area contributed by atoms with Gasteiger partial charge in [0.05, 0.1) is 11.7 Å². The number of sulfonamides is 1. The van der Waals surface area contributed by atoms with Crippen molar-refractivity contribution in [1.82, 2.24) is 14.5 Å². The minimum atomic E-state index is -3.52. The van der Waals surface area contributed by atoms with E-state index in [1.54, 1.807) is 24.3 Å². The molecule has 1 amide bonds. The molecule has 4 rings (SSSR count). The van der Waals surface area contributed by atoms with Gasteiger partial charge in [0.1, 0.15) is 0 Å². The first kappa shape index (κ1) is 25.2. The average Bonchev–Trinajstić information content (AvgIpc) is 2.83. The van der Waals surface area contributed by atoms with E-state index in [1.807, 2.05) is 12.1 Å². The fourth-order valence-corrected chi connectivity index (χ4v) is 6.70. The van der Waals surface area contributed by atoms with Crippen LogP contribution in [0.5, 0.6) is 0 Å². The number of hydrogen-bond acceptors (Lipinski definition) is 4. The van der Waals surface area contributed by atoms with E-state index in [0.29, 0.717) is 36.5 Å². The number of nitrogens with one attached hydrogen (secondary N) is 1. The summed E-state index contributed by atoms with van der Waals surface area (Å²) >= 11 is 6.00. The number of benzene rings is 2. The predicted molar refractivity (Wildman–Crippen MR) is 136 cm³/mol. The quantitative estimate of drug-likeness (QED) is 0.586. The largest absolute Gasteiger partial charge is 0.352 e. The summed E-state index contributed by atoms with van der Waals surface area (Å²) in [4.78, 5) is 15.4. The van der Waals surface area contributed by atoms with Gasteiger partial charge < -0.3 is 5.32 Å². The molecular formula is C26H34ClN3O3S. The van der Waals surface area contributed by atoms with Crippen LogP contribution in [0.15, 0.2) is 48.5 Å². The Labute approximate surface area is 208 Å². The molecule has 2 aromatic carbocycles. The highest BCUT2D eigenvalue weighted by Crippen LogP contribution is 2.23. The predicted octanol–water partition coefficient (Wildman–Crippen LogP) is 4.18. The van der Waals surface area contributed by atoms with Crippen molar-refractivity contribution in [3.8, 4) is 0 Å². The molecule has 2 aliphatic heterocycles. The third-order valence-corrected chi connectivity index (χ3v) is 8.75. The van der Waals surface area contributed by atoms with Gasteiger partial charge in [-0.05, 0) is 67.6 Å². The number of amides is 1. The van der Waals surface area contributed by atoms with Gasteiger partial charge >= 0.3 is 0 Å². The van der Waals surface area contributed by atoms with Crippen molar-refractivity contribution in [1.29, 1.82) is 0 Å². The fraction of sp³-hybridized carbons (Fsp3) is 0.500. The first-order valence-corrected chi connectivity index (χ1v) is 14.2. The van der Waals surface area contributed by atoms with Gasteiger partial charge in [-0.15, -0.1) is 0 Å². The molecule has 2 aliphatic rings. The van der Waals surface area contributed by atoms with Crippen LogP contribution >= 0.6 is 11.6 Å². The molecule has 2 aromatic rings. The lowest BCUT2D eigenvalue weighted by Gasteiger charge is -2.31. The summed E-state index contributed by atoms with van der Waals surface area (Å²) in [5.41, 5.74) is 3.00. The molecule has 6 nitrogen and oxygen atoms in total. The molecule has 0 radical (unpaired) electrons. The lowest BCUT2D eigenvalue weighted by molar-refractivity contribution is -0.126. The summed E-state index contributed by atoms with van der Waals surface area (Å²) in [6.45, 7) is 4.38. The number of piperidine rings is 2. The Bertz CT molecular complexity index is 1090. The minimum absolute atomic E-state index is 0.0795. The Balaban J connectivity index is 1.30. The normalized spacial score (nSPS) is 20.2. The standard InChI is InChI=1S/C26H34ClN3O3S/c27-25-11-5-9-23(16-25)20-34(32,33)30-14-6-10-24(19-30)26(31)28-17-21-7-4-8-22(15-21)18-29-12-2-1-3-13-29/h4-5,7-9,11,15-16,24H,1-3,6,10,12-14,17-20H2,(H,28,31). The minimum Gasteiger partial charge on any atom is -0.352 e. The van der Waals surface area contributed by atoms with Crippen molar-refractivity contribution in [2.45, 2.75) is 50.9 Å². The zero-order valence-electron chi connectivity index (χ0n) is 19.6. The molecule has 34 heavy (non-hydrogen) atoms. The first-order chi connectivity index (χ1) is 16.4. The van der Waals surface area contributed by atoms with Crippen LogP contribution in [-0.2, 0) is 33.7 Å². The van der Waals surface area contributed by atoms with Crippen molar-refractivity contribution in [2.75, 3.05) is 26.2 Å². The Morgan fingerprint density at radius 3 is 2.47 bits per heavy atom. The van der Waals surface area contributed by atoms with Crippen LogP contribution in [0, 0.1) is 5.92 Å². The second-order valence-electron chi connectivity index (χ2n) is 9.46. The van der Waals surface area contributed by atoms with Crippen LogP contribution in [-0.4, -0.2) is 49.7 Å². The molecule has 0 bridgehead atoms. The highest BCUT2D eigenvalue weighted by atomic mass is 35.5. The molecule has 2 heterocycles. The molecular weight excluding hydrogens is 470 g/mol. The van der Waals surface area contributed by atoms with E-state index in [9.17, 15) is 13.2 Å². The van der Waals surface area contributed by atoms with Gasteiger partial charge in [-0.3, -0.25) is 9.69 Å². The lowest BCUT2D eigenvalue weighted by Crippen LogP contribution is -2.45. The van der Waals surface area contributed by atoms with Crippen LogP contribution in [0.4, 0.5) is 0 Å². The highest BCUT2D eigenvalue weighted by molar-refractivity contribution is 7.88. The Morgan fingerprint density at radius 2 is 1.68 bits per heavy atom. The van der Waals surface area contributed by atoms with Gasteiger partial charge in [-0.2, -0.15) is 0 Å². The van der Waals surface area contributed by atoms with Crippen molar-refractivity contribution >= 4 is 27.5 Å². The molecule has 2 saturated heterocycles. The summed E-state index contributed by atoms with van der Waals surface area (Å²) in [5, 5.41) is 3.55. The van der Waals surface area contributed by atoms with Crippen LogP contribution in [0.3, 0.4) is 0 Å². The van der Waals surface area contributed by atoms with E-state index in [-0.39, 0.29) is 24.1 Å². The maximum Gasteiger partial charge on any atom is 0.224 e. The van der Waals surface area contributed by atoms with E-state index < -0.39 is 10.0 Å². The van der Waals surface area contributed by atoms with E-state index in [2.05, 4.69) is 22.3 Å². The van der Waals surface area contributed by atoms with Gasteiger partial charge in [0.15, 0.2) is 0 Å². The van der Waals surface area contributed by atoms with Crippen LogP contribution in [0.1, 0.15) is 48.8 Å². The number of nitrogens with zero attached hydrogens (tertiary/aromatic N) is 2. The summed E-state index contributed by atoms with van der Waals surface area (Å²) in [6, 6.07) is 15.3. The average molecular weight is 504 g/mol. The van der Waals surface area contributed by atoms with Gasteiger partial charge in [0.2, 0.25) is 15.9 Å². The third-order valence-electron chi connectivity index (χ3n) is 6.70. The monoisotopic (exact) mass is 503 g/mol. The Hall–Kier alpha value is -1.93. The topological polar surface area (TPSA) is 69.7 Å². The van der Waals surface area contributed by atoms with Crippen molar-refractivity contribution in [3.63, 3.8) is 0 Å². The Kier molecular flexibility index (Phi) is 8.64. The summed E-state index contributed by atoms with van der Waals surface area (Å²) in [6.07, 6.45) is 5.23. The summed E-state index contributed by atoms with van der Waals surface area (Å²) < 4.78 is 27.4. The van der Waals surface area contributed by atoms with E-state index in [0.717, 1.165) is 25.2 Å². The fourth-order valence-electron chi connectivity index (χ4n) is 4.88. The molecule has 2 fully saturated rings. The van der Waals surface area contributed by atoms with Crippen molar-refractivity contribution < 1.29 is 13.2 Å². The molecule has 0 saturated carbocycles. The number of hydrogen-bond donors (Lipinski definition) is 1. The van der Waals surface area contributed by atoms with Crippen LogP contribution in [0.25, 0.3) is 0 Å². The number of rotatable bonds is 8. The molecule has 1 atom stereocenters. The maximum absolute atomic E-state index is 13.0. The van der Waals surface area contributed by atoms with Gasteiger partial charge in [-0.25, -0.2) is 12.7 Å². The van der Waals surface area contributed by atoms with E-state index in [1.165, 1.54) is 29.1 Å². The third kappa shape index (κ3) is 7.04. The number of likely N-dealkylation sites (tertiary alicyclic amines) is 1. The second-order valence-corrected chi connectivity index (χ2v) is 11.9. The smallest absolute Gasteiger partial charge is 0.224 e. The van der Waals surface area contributed by atoms with Crippen molar-refractivity contribution in [2.24, 2.45) is 5.92 Å². The zero-order valence-corrected chi connectivity index (χ0v) is 21.2. The van der Waals surface area contributed by atoms with Crippen LogP contribution < -0.4 is 5.32 Å². The molecule has 184 valence electrons. The SMILES string of the molecule is O=C(NCc1cccc(CN2CCCCC2)c1)C1CCCN(S(=O)(=O)Cc2cccc(Cl)c2)C1. The molecule has 1 unspecified atom stereocenters. The van der Waals surface area contributed by atoms with Gasteiger partial charge in [-0.1, -0.05) is 54.4 Å². The first-order valence-electron chi connectivity index (χ1n) is 12.2. The van der Waals surface area contributed by atoms with Crippen LogP contribution in [0.2, 0.25) is 5.02 Å². The summed E-state index contributed by atoms with van der Waals surface area (Å²) in [5.74, 6) is -0.519. The van der Waals surface area contributed by atoms with Crippen molar-refractivity contribution in [3.05, 3.63) is 70.2 Å². The van der Waals surface area contributed by atoms with E-state index >= 15 is 0 Å². The number of halogens is 1. The Morgan fingerprint density at radius 1 is 0.941 bits per heavy atom. The highest BCUT2D eigenvalue weighted by Gasteiger charge is 2.32. The molecule has 0 spiro atoms. The lowest BCUT2D eigenvalue weighted by atomic mass is 9.98. The molecule has 0 aliphatic carbocycles. The number of carbonyl (C=O) groups excluding carboxylic acids is 1.